The summed E-state index contributed by atoms with van der Waals surface area (Å²) >= 11 is 4.17. The number of halogens is 1. The van der Waals surface area contributed by atoms with Crippen molar-refractivity contribution in [1.29, 1.82) is 0 Å². The Kier molecular flexibility index (Phi) is 2.01. The first-order valence-corrected chi connectivity index (χ1v) is 5.96. The first-order chi connectivity index (χ1) is 5.27. The van der Waals surface area contributed by atoms with E-state index >= 15 is 0 Å². The Hall–Kier alpha value is 0.0921. The Bertz CT molecular complexity index is 396. The molecule has 0 aliphatic rings. The molecule has 1 aromatic heterocycles. The van der Waals surface area contributed by atoms with Crippen LogP contribution in [0.4, 0.5) is 0 Å². The number of rotatable bonds is 0. The Labute approximate surface area is 88.8 Å². The van der Waals surface area contributed by atoms with E-state index in [0.29, 0.717) is 0 Å². The summed E-state index contributed by atoms with van der Waals surface area (Å²) in [5.74, 6) is 0. The van der Waals surface area contributed by atoms with Gasteiger partial charge in [-0.25, -0.2) is 0 Å². The van der Waals surface area contributed by atoms with E-state index in [9.17, 15) is 0 Å². The molecule has 0 unspecified atom stereocenters. The second-order valence-corrected chi connectivity index (χ2v) is 5.11. The summed E-state index contributed by atoms with van der Waals surface area (Å²) in [5.41, 5.74) is 1.23. The SMILES string of the molecule is Brc1ccc2cn[n]([Tl])c2c1. The Morgan fingerprint density at radius 1 is 1.45 bits per heavy atom. The van der Waals surface area contributed by atoms with Crippen molar-refractivity contribution >= 4 is 52.9 Å². The molecule has 0 saturated heterocycles. The molecule has 11 heavy (non-hydrogen) atoms. The van der Waals surface area contributed by atoms with E-state index in [-0.39, 0.29) is 0 Å². The second-order valence-electron chi connectivity index (χ2n) is 2.29. The van der Waals surface area contributed by atoms with Crippen molar-refractivity contribution in [2.75, 3.05) is 0 Å². The van der Waals surface area contributed by atoms with E-state index < -0.39 is 0 Å². The van der Waals surface area contributed by atoms with Gasteiger partial charge in [-0.1, -0.05) is 0 Å². The third kappa shape index (κ3) is 1.35. The van der Waals surface area contributed by atoms with Crippen LogP contribution in [-0.4, -0.2) is 33.7 Å². The molecule has 0 saturated carbocycles. The molecule has 0 fully saturated rings. The van der Waals surface area contributed by atoms with Crippen molar-refractivity contribution in [2.24, 2.45) is 0 Å². The zero-order chi connectivity index (χ0) is 7.84. The summed E-state index contributed by atoms with van der Waals surface area (Å²) in [5, 5.41) is 5.43. The average Bonchev–Trinajstić information content (AvgIpc) is 2.33. The van der Waals surface area contributed by atoms with E-state index in [1.807, 2.05) is 14.8 Å². The van der Waals surface area contributed by atoms with Crippen LogP contribution in [-0.2, 0) is 0 Å². The van der Waals surface area contributed by atoms with Crippen molar-refractivity contribution in [3.8, 4) is 0 Å². The Morgan fingerprint density at radius 3 is 3.09 bits per heavy atom. The zero-order valence-electron chi connectivity index (χ0n) is 5.66. The van der Waals surface area contributed by atoms with Crippen molar-refractivity contribution in [3.05, 3.63) is 28.9 Å². The topological polar surface area (TPSA) is 17.8 Å². The molecule has 2 nitrogen and oxygen atoms in total. The maximum absolute atomic E-state index is 4.21. The fourth-order valence-electron chi connectivity index (χ4n) is 1.01. The van der Waals surface area contributed by atoms with Crippen LogP contribution >= 0.6 is 15.9 Å². The van der Waals surface area contributed by atoms with E-state index in [2.05, 4.69) is 33.2 Å². The molecule has 2 aromatic rings. The van der Waals surface area contributed by atoms with Crippen LogP contribution in [0.5, 0.6) is 0 Å². The summed E-state index contributed by atoms with van der Waals surface area (Å²) in [6, 6.07) is 6.21. The fourth-order valence-corrected chi connectivity index (χ4v) is 2.49. The number of hydrogen-bond donors (Lipinski definition) is 0. The van der Waals surface area contributed by atoms with Gasteiger partial charge in [0.25, 0.3) is 0 Å². The Balaban J connectivity index is 2.87. The van der Waals surface area contributed by atoms with E-state index in [4.69, 9.17) is 0 Å². The molecule has 0 radical (unpaired) electrons. The summed E-state index contributed by atoms with van der Waals surface area (Å²) in [7, 11) is 0. The van der Waals surface area contributed by atoms with Gasteiger partial charge in [-0.05, 0) is 0 Å². The minimum atomic E-state index is 0.742. The normalized spacial score (nSPS) is 10.5. The van der Waals surface area contributed by atoms with Gasteiger partial charge in [0, 0.05) is 0 Å². The third-order valence-electron chi connectivity index (χ3n) is 1.56. The molecule has 0 amide bonds. The van der Waals surface area contributed by atoms with Gasteiger partial charge in [-0.15, -0.1) is 0 Å². The molecule has 0 N–H and O–H groups in total. The molecular weight excluding hydrogens is 396 g/mol. The molecule has 4 heteroatoms. The zero-order valence-corrected chi connectivity index (χ0v) is 11.7. The number of fused-ring (bicyclic) bond motifs is 1. The van der Waals surface area contributed by atoms with Gasteiger partial charge in [-0.3, -0.25) is 0 Å². The van der Waals surface area contributed by atoms with Crippen LogP contribution in [0.2, 0.25) is 0 Å². The van der Waals surface area contributed by atoms with Gasteiger partial charge < -0.3 is 0 Å². The molecule has 0 bridgehead atoms. The van der Waals surface area contributed by atoms with Crippen LogP contribution in [0.25, 0.3) is 10.9 Å². The molecule has 0 spiro atoms. The van der Waals surface area contributed by atoms with Crippen LogP contribution in [0.15, 0.2) is 28.9 Å². The van der Waals surface area contributed by atoms with Gasteiger partial charge in [0.1, 0.15) is 0 Å². The molecule has 0 aliphatic carbocycles. The summed E-state index contributed by atoms with van der Waals surface area (Å²) < 4.78 is 3.15. The number of aromatic nitrogens is 2. The maximum atomic E-state index is 4.21. The van der Waals surface area contributed by atoms with Gasteiger partial charge in [0.15, 0.2) is 0 Å². The Morgan fingerprint density at radius 2 is 2.27 bits per heavy atom. The predicted octanol–water partition coefficient (Wildman–Crippen LogP) is 1.73. The van der Waals surface area contributed by atoms with E-state index in [0.717, 1.165) is 30.5 Å². The fraction of sp³-hybridized carbons (Fsp3) is 0. The van der Waals surface area contributed by atoms with Crippen molar-refractivity contribution in [1.82, 2.24) is 7.59 Å². The number of hydrogen-bond acceptors (Lipinski definition) is 1. The van der Waals surface area contributed by atoms with E-state index in [1.165, 1.54) is 10.9 Å². The standard InChI is InChI=1S/C7H4BrN2.Tl/c8-6-2-1-5-4-9-10-7(5)3-6;/h1-4H;/q-1;+1. The second kappa shape index (κ2) is 2.86. The van der Waals surface area contributed by atoms with Crippen LogP contribution in [0.3, 0.4) is 0 Å². The first kappa shape index (κ1) is 7.73. The van der Waals surface area contributed by atoms with Crippen molar-refractivity contribution < 1.29 is 0 Å². The van der Waals surface area contributed by atoms with Gasteiger partial charge in [0.2, 0.25) is 0 Å². The molecule has 0 aliphatic heterocycles. The number of benzene rings is 1. The quantitative estimate of drug-likeness (QED) is 0.616. The minimum absolute atomic E-state index is 0.742. The summed E-state index contributed by atoms with van der Waals surface area (Å²) in [4.78, 5) is 0. The van der Waals surface area contributed by atoms with Crippen LogP contribution < -0.4 is 0 Å². The van der Waals surface area contributed by atoms with Crippen molar-refractivity contribution in [2.45, 2.75) is 0 Å². The molecule has 1 aromatic carbocycles. The number of nitrogens with zero attached hydrogens (tertiary/aromatic N) is 2. The molecular formula is C7H4BrN2Tl. The van der Waals surface area contributed by atoms with Crippen LogP contribution in [0, 0.1) is 0 Å². The van der Waals surface area contributed by atoms with Crippen LogP contribution in [0.1, 0.15) is 0 Å². The van der Waals surface area contributed by atoms with Gasteiger partial charge in [-0.2, -0.15) is 0 Å². The van der Waals surface area contributed by atoms with Gasteiger partial charge in [0.05, 0.1) is 0 Å². The summed E-state index contributed by atoms with van der Waals surface area (Å²) in [6.07, 6.45) is 1.90. The predicted molar refractivity (Wildman–Crippen MR) is 48.6 cm³/mol. The monoisotopic (exact) mass is 400 g/mol. The molecule has 1 heterocycles. The first-order valence-electron chi connectivity index (χ1n) is 3.16. The molecule has 52 valence electrons. The van der Waals surface area contributed by atoms with Crippen molar-refractivity contribution in [3.63, 3.8) is 0 Å². The summed E-state index contributed by atoms with van der Waals surface area (Å²) in [6.45, 7) is 0. The average molecular weight is 400 g/mol. The molecule has 0 atom stereocenters. The third-order valence-corrected chi connectivity index (χ3v) is 3.65. The van der Waals surface area contributed by atoms with E-state index in [1.54, 1.807) is 0 Å². The van der Waals surface area contributed by atoms with Gasteiger partial charge >= 0.3 is 89.4 Å². The molecule has 2 rings (SSSR count).